The Morgan fingerprint density at radius 1 is 1.29 bits per heavy atom. The lowest BCUT2D eigenvalue weighted by atomic mass is 10.1. The highest BCUT2D eigenvalue weighted by Crippen LogP contribution is 2.26. The van der Waals surface area contributed by atoms with Gasteiger partial charge in [0.2, 0.25) is 0 Å². The summed E-state index contributed by atoms with van der Waals surface area (Å²) in [5.74, 6) is 2.04. The summed E-state index contributed by atoms with van der Waals surface area (Å²) in [5, 5.41) is 4.33. The van der Waals surface area contributed by atoms with Crippen molar-refractivity contribution < 1.29 is 9.47 Å². The largest absolute Gasteiger partial charge is 0.491 e. The van der Waals surface area contributed by atoms with Crippen LogP contribution in [0.4, 0.5) is 0 Å². The van der Waals surface area contributed by atoms with Gasteiger partial charge in [-0.2, -0.15) is 11.8 Å². The highest BCUT2D eigenvalue weighted by atomic mass is 32.2. The van der Waals surface area contributed by atoms with E-state index in [9.17, 15) is 0 Å². The summed E-state index contributed by atoms with van der Waals surface area (Å²) in [6.07, 6.45) is 1.38. The SMILES string of the molecule is CCCNC(CSC1COC1)c1ccc(OC(C)C)cc1. The summed E-state index contributed by atoms with van der Waals surface area (Å²) >= 11 is 2.01. The Hall–Kier alpha value is -0.710. The van der Waals surface area contributed by atoms with Crippen LogP contribution in [-0.2, 0) is 4.74 Å². The molecule has 4 heteroatoms. The van der Waals surface area contributed by atoms with Crippen LogP contribution in [0.1, 0.15) is 38.8 Å². The van der Waals surface area contributed by atoms with Gasteiger partial charge >= 0.3 is 0 Å². The van der Waals surface area contributed by atoms with E-state index in [0.717, 1.165) is 37.7 Å². The summed E-state index contributed by atoms with van der Waals surface area (Å²) in [4.78, 5) is 0. The van der Waals surface area contributed by atoms with E-state index in [1.54, 1.807) is 0 Å². The summed E-state index contributed by atoms with van der Waals surface area (Å²) < 4.78 is 11.0. The highest BCUT2D eigenvalue weighted by Gasteiger charge is 2.21. The van der Waals surface area contributed by atoms with Gasteiger partial charge in [0.05, 0.1) is 24.6 Å². The Bertz CT molecular complexity index is 404. The molecule has 1 unspecified atom stereocenters. The van der Waals surface area contributed by atoms with E-state index in [0.29, 0.717) is 11.3 Å². The van der Waals surface area contributed by atoms with Crippen LogP contribution in [0.3, 0.4) is 0 Å². The maximum atomic E-state index is 5.71. The molecule has 1 aliphatic heterocycles. The van der Waals surface area contributed by atoms with Crippen molar-refractivity contribution in [2.24, 2.45) is 0 Å². The van der Waals surface area contributed by atoms with Gasteiger partial charge in [0, 0.05) is 11.8 Å². The van der Waals surface area contributed by atoms with Crippen LogP contribution >= 0.6 is 11.8 Å². The van der Waals surface area contributed by atoms with Crippen molar-refractivity contribution in [2.45, 2.75) is 44.6 Å². The van der Waals surface area contributed by atoms with Crippen molar-refractivity contribution in [3.05, 3.63) is 29.8 Å². The zero-order chi connectivity index (χ0) is 15.1. The van der Waals surface area contributed by atoms with Gasteiger partial charge in [-0.15, -0.1) is 0 Å². The van der Waals surface area contributed by atoms with Crippen molar-refractivity contribution in [3.8, 4) is 5.75 Å². The van der Waals surface area contributed by atoms with E-state index in [4.69, 9.17) is 9.47 Å². The normalized spacial score (nSPS) is 16.8. The average molecular weight is 309 g/mol. The zero-order valence-electron chi connectivity index (χ0n) is 13.3. The molecule has 0 aliphatic carbocycles. The molecule has 0 bridgehead atoms. The van der Waals surface area contributed by atoms with Crippen LogP contribution < -0.4 is 10.1 Å². The second kappa shape index (κ2) is 8.66. The van der Waals surface area contributed by atoms with Crippen molar-refractivity contribution >= 4 is 11.8 Å². The molecule has 1 heterocycles. The maximum Gasteiger partial charge on any atom is 0.119 e. The summed E-state index contributed by atoms with van der Waals surface area (Å²) in [7, 11) is 0. The summed E-state index contributed by atoms with van der Waals surface area (Å²) in [6.45, 7) is 9.18. The van der Waals surface area contributed by atoms with Gasteiger partial charge in [0.1, 0.15) is 5.75 Å². The third kappa shape index (κ3) is 5.53. The van der Waals surface area contributed by atoms with Gasteiger partial charge < -0.3 is 14.8 Å². The van der Waals surface area contributed by atoms with E-state index in [1.807, 2.05) is 11.8 Å². The number of hydrogen-bond acceptors (Lipinski definition) is 4. The Morgan fingerprint density at radius 2 is 2.00 bits per heavy atom. The van der Waals surface area contributed by atoms with Gasteiger partial charge in [-0.05, 0) is 44.5 Å². The molecule has 1 aromatic rings. The Morgan fingerprint density at radius 3 is 2.52 bits per heavy atom. The van der Waals surface area contributed by atoms with Crippen molar-refractivity contribution in [1.82, 2.24) is 5.32 Å². The van der Waals surface area contributed by atoms with Gasteiger partial charge in [0.25, 0.3) is 0 Å². The molecular formula is C17H27NO2S. The predicted octanol–water partition coefficient (Wildman–Crippen LogP) is 3.65. The first-order valence-electron chi connectivity index (χ1n) is 7.88. The summed E-state index contributed by atoms with van der Waals surface area (Å²) in [5.41, 5.74) is 1.34. The predicted molar refractivity (Wildman–Crippen MR) is 90.3 cm³/mol. The molecule has 0 saturated carbocycles. The quantitative estimate of drug-likeness (QED) is 0.754. The molecule has 21 heavy (non-hydrogen) atoms. The molecule has 1 aromatic carbocycles. The number of rotatable bonds is 9. The van der Waals surface area contributed by atoms with E-state index in [1.165, 1.54) is 5.56 Å². The number of benzene rings is 1. The first-order chi connectivity index (χ1) is 10.2. The number of thioether (sulfide) groups is 1. The van der Waals surface area contributed by atoms with Crippen LogP contribution in [0.15, 0.2) is 24.3 Å². The minimum atomic E-state index is 0.221. The standard InChI is InChI=1S/C17H27NO2S/c1-4-9-18-17(12-21-16-10-19-11-16)14-5-7-15(8-6-14)20-13(2)3/h5-8,13,16-18H,4,9-12H2,1-3H3. The molecule has 1 atom stereocenters. The molecule has 0 spiro atoms. The fraction of sp³-hybridized carbons (Fsp3) is 0.647. The molecule has 1 N–H and O–H groups in total. The van der Waals surface area contributed by atoms with Crippen LogP contribution in [0.2, 0.25) is 0 Å². The maximum absolute atomic E-state index is 5.71. The lowest BCUT2D eigenvalue weighted by Crippen LogP contribution is -2.32. The van der Waals surface area contributed by atoms with E-state index >= 15 is 0 Å². The zero-order valence-corrected chi connectivity index (χ0v) is 14.1. The first kappa shape index (κ1) is 16.7. The molecule has 1 saturated heterocycles. The monoisotopic (exact) mass is 309 g/mol. The van der Waals surface area contributed by atoms with Crippen LogP contribution in [0.5, 0.6) is 5.75 Å². The molecule has 0 radical (unpaired) electrons. The third-order valence-corrected chi connectivity index (χ3v) is 4.67. The van der Waals surface area contributed by atoms with E-state index < -0.39 is 0 Å². The van der Waals surface area contributed by atoms with Crippen LogP contribution in [-0.4, -0.2) is 36.9 Å². The van der Waals surface area contributed by atoms with E-state index in [-0.39, 0.29) is 6.10 Å². The minimum Gasteiger partial charge on any atom is -0.491 e. The average Bonchev–Trinajstić information content (AvgIpc) is 2.41. The topological polar surface area (TPSA) is 30.5 Å². The fourth-order valence-corrected chi connectivity index (χ4v) is 3.34. The summed E-state index contributed by atoms with van der Waals surface area (Å²) in [6, 6.07) is 8.93. The van der Waals surface area contributed by atoms with Crippen LogP contribution in [0.25, 0.3) is 0 Å². The first-order valence-corrected chi connectivity index (χ1v) is 8.93. The molecule has 2 rings (SSSR count). The smallest absolute Gasteiger partial charge is 0.119 e. The van der Waals surface area contributed by atoms with Gasteiger partial charge in [-0.25, -0.2) is 0 Å². The Kier molecular flexibility index (Phi) is 6.87. The van der Waals surface area contributed by atoms with Crippen molar-refractivity contribution in [3.63, 3.8) is 0 Å². The molecule has 118 valence electrons. The lowest BCUT2D eigenvalue weighted by molar-refractivity contribution is 0.0455. The number of hydrogen-bond donors (Lipinski definition) is 1. The molecule has 1 fully saturated rings. The van der Waals surface area contributed by atoms with Crippen molar-refractivity contribution in [1.29, 1.82) is 0 Å². The van der Waals surface area contributed by atoms with Crippen LogP contribution in [0, 0.1) is 0 Å². The van der Waals surface area contributed by atoms with Crippen molar-refractivity contribution in [2.75, 3.05) is 25.5 Å². The second-order valence-electron chi connectivity index (χ2n) is 5.74. The molecule has 0 amide bonds. The lowest BCUT2D eigenvalue weighted by Gasteiger charge is -2.28. The molecular weight excluding hydrogens is 282 g/mol. The van der Waals surface area contributed by atoms with Gasteiger partial charge in [-0.1, -0.05) is 19.1 Å². The minimum absolute atomic E-state index is 0.221. The van der Waals surface area contributed by atoms with Gasteiger partial charge in [-0.3, -0.25) is 0 Å². The number of ether oxygens (including phenoxy) is 2. The number of nitrogens with one attached hydrogen (secondary N) is 1. The Balaban J connectivity index is 1.93. The second-order valence-corrected chi connectivity index (χ2v) is 7.07. The Labute approximate surface area is 132 Å². The fourth-order valence-electron chi connectivity index (χ4n) is 2.19. The highest BCUT2D eigenvalue weighted by molar-refractivity contribution is 8.00. The molecule has 3 nitrogen and oxygen atoms in total. The molecule has 0 aromatic heterocycles. The van der Waals surface area contributed by atoms with Gasteiger partial charge in [0.15, 0.2) is 0 Å². The molecule has 1 aliphatic rings. The van der Waals surface area contributed by atoms with E-state index in [2.05, 4.69) is 50.4 Å². The third-order valence-electron chi connectivity index (χ3n) is 3.40.